The van der Waals surface area contributed by atoms with Crippen LogP contribution in [0.3, 0.4) is 0 Å². The first kappa shape index (κ1) is 20.0. The maximum Gasteiger partial charge on any atom is 0.214 e. The molecule has 0 amide bonds. The molecule has 29 heavy (non-hydrogen) atoms. The van der Waals surface area contributed by atoms with Crippen molar-refractivity contribution in [3.8, 4) is 11.3 Å². The molecule has 4 rings (SSSR count). The zero-order valence-corrected chi connectivity index (χ0v) is 17.7. The van der Waals surface area contributed by atoms with Gasteiger partial charge in [-0.2, -0.15) is 0 Å². The van der Waals surface area contributed by atoms with Crippen LogP contribution in [0.1, 0.15) is 43.6 Å². The third kappa shape index (κ3) is 5.38. The summed E-state index contributed by atoms with van der Waals surface area (Å²) in [4.78, 5) is 11.4. The van der Waals surface area contributed by atoms with E-state index in [9.17, 15) is 0 Å². The Morgan fingerprint density at radius 3 is 2.76 bits per heavy atom. The number of likely N-dealkylation sites (tertiary alicyclic amines) is 1. The Hall–Kier alpha value is -2.34. The number of nitrogens with one attached hydrogen (secondary N) is 2. The van der Waals surface area contributed by atoms with Crippen molar-refractivity contribution in [1.82, 2.24) is 20.5 Å². The summed E-state index contributed by atoms with van der Waals surface area (Å²) in [6.07, 6.45) is 8.63. The van der Waals surface area contributed by atoms with Gasteiger partial charge >= 0.3 is 0 Å². The summed E-state index contributed by atoms with van der Waals surface area (Å²) in [7, 11) is 1.81. The molecule has 0 spiro atoms. The van der Waals surface area contributed by atoms with Crippen molar-refractivity contribution in [3.63, 3.8) is 0 Å². The van der Waals surface area contributed by atoms with Crippen LogP contribution in [-0.2, 0) is 6.54 Å². The molecule has 2 aromatic rings. The van der Waals surface area contributed by atoms with Gasteiger partial charge < -0.3 is 20.0 Å². The van der Waals surface area contributed by atoms with Crippen LogP contribution in [0, 0.1) is 12.8 Å². The molecule has 1 saturated heterocycles. The van der Waals surface area contributed by atoms with Crippen LogP contribution in [0.25, 0.3) is 11.3 Å². The van der Waals surface area contributed by atoms with Crippen molar-refractivity contribution >= 4 is 5.96 Å². The fraction of sp³-hybridized carbons (Fsp3) is 0.565. The van der Waals surface area contributed by atoms with Crippen LogP contribution >= 0.6 is 0 Å². The molecule has 2 fully saturated rings. The molecule has 2 heterocycles. The predicted molar refractivity (Wildman–Crippen MR) is 117 cm³/mol. The van der Waals surface area contributed by atoms with Gasteiger partial charge in [-0.25, -0.2) is 4.98 Å². The highest BCUT2D eigenvalue weighted by Crippen LogP contribution is 2.26. The van der Waals surface area contributed by atoms with Crippen LogP contribution in [0.2, 0.25) is 0 Å². The van der Waals surface area contributed by atoms with Gasteiger partial charge in [0.2, 0.25) is 5.89 Å². The van der Waals surface area contributed by atoms with Crippen LogP contribution in [0.15, 0.2) is 39.9 Å². The fourth-order valence-corrected chi connectivity index (χ4v) is 4.46. The van der Waals surface area contributed by atoms with Gasteiger partial charge in [-0.1, -0.05) is 42.7 Å². The molecule has 2 N–H and O–H groups in total. The lowest BCUT2D eigenvalue weighted by atomic mass is 10.1. The smallest absolute Gasteiger partial charge is 0.214 e. The highest BCUT2D eigenvalue weighted by Gasteiger charge is 2.26. The number of rotatable bonds is 6. The second-order valence-electron chi connectivity index (χ2n) is 8.45. The quantitative estimate of drug-likeness (QED) is 0.578. The van der Waals surface area contributed by atoms with E-state index in [0.29, 0.717) is 18.5 Å². The van der Waals surface area contributed by atoms with E-state index in [1.807, 2.05) is 7.05 Å². The lowest BCUT2D eigenvalue weighted by Gasteiger charge is -2.21. The second-order valence-corrected chi connectivity index (χ2v) is 8.45. The maximum atomic E-state index is 5.90. The van der Waals surface area contributed by atoms with Gasteiger partial charge in [-0.15, -0.1) is 0 Å². The number of hydrogen-bond donors (Lipinski definition) is 2. The molecule has 0 bridgehead atoms. The maximum absolute atomic E-state index is 5.90. The summed E-state index contributed by atoms with van der Waals surface area (Å²) in [6.45, 7) is 6.15. The Morgan fingerprint density at radius 1 is 1.21 bits per heavy atom. The lowest BCUT2D eigenvalue weighted by Crippen LogP contribution is -2.44. The van der Waals surface area contributed by atoms with Gasteiger partial charge in [-0.05, 0) is 32.1 Å². The van der Waals surface area contributed by atoms with E-state index < -0.39 is 0 Å². The Kier molecular flexibility index (Phi) is 6.49. The Balaban J connectivity index is 1.24. The number of aliphatic imine (C=N–C) groups is 1. The minimum Gasteiger partial charge on any atom is -0.439 e. The van der Waals surface area contributed by atoms with Crippen LogP contribution in [0.5, 0.6) is 0 Å². The molecule has 6 heteroatoms. The van der Waals surface area contributed by atoms with Gasteiger partial charge in [0.15, 0.2) is 11.7 Å². The summed E-state index contributed by atoms with van der Waals surface area (Å²) in [5.41, 5.74) is 2.28. The Bertz CT molecular complexity index is 807. The minimum atomic E-state index is 0.454. The third-order valence-corrected chi connectivity index (χ3v) is 6.12. The first-order valence-electron chi connectivity index (χ1n) is 10.9. The predicted octanol–water partition coefficient (Wildman–Crippen LogP) is 3.58. The SMILES string of the molecule is CN=C(NCc1ncc(-c2ccc(C)cc2)o1)NC1CCN(CC2CCCC2)C1. The van der Waals surface area contributed by atoms with Gasteiger partial charge in [0.25, 0.3) is 0 Å². The molecule has 2 aliphatic rings. The Morgan fingerprint density at radius 2 is 2.00 bits per heavy atom. The number of oxazole rings is 1. The summed E-state index contributed by atoms with van der Waals surface area (Å²) in [5.74, 6) is 3.19. The minimum absolute atomic E-state index is 0.454. The van der Waals surface area contributed by atoms with Gasteiger partial charge in [0.05, 0.1) is 12.7 Å². The summed E-state index contributed by atoms with van der Waals surface area (Å²) in [6, 6.07) is 8.74. The number of aryl methyl sites for hydroxylation is 1. The van der Waals surface area contributed by atoms with Crippen LogP contribution in [-0.4, -0.2) is 48.6 Å². The number of aromatic nitrogens is 1. The van der Waals surface area contributed by atoms with Crippen LogP contribution < -0.4 is 10.6 Å². The number of guanidine groups is 1. The van der Waals surface area contributed by atoms with Crippen LogP contribution in [0.4, 0.5) is 0 Å². The van der Waals surface area contributed by atoms with Gasteiger partial charge in [0.1, 0.15) is 0 Å². The van der Waals surface area contributed by atoms with E-state index in [0.717, 1.165) is 29.7 Å². The van der Waals surface area contributed by atoms with Crippen molar-refractivity contribution in [3.05, 3.63) is 41.9 Å². The highest BCUT2D eigenvalue weighted by atomic mass is 16.4. The summed E-state index contributed by atoms with van der Waals surface area (Å²) in [5, 5.41) is 6.90. The number of benzene rings is 1. The fourth-order valence-electron chi connectivity index (χ4n) is 4.46. The highest BCUT2D eigenvalue weighted by molar-refractivity contribution is 5.79. The molecular weight excluding hydrogens is 362 g/mol. The molecule has 1 saturated carbocycles. The average Bonchev–Trinajstić information content (AvgIpc) is 3.49. The van der Waals surface area contributed by atoms with E-state index in [-0.39, 0.29) is 0 Å². The van der Waals surface area contributed by atoms with E-state index in [1.165, 1.54) is 50.8 Å². The Labute approximate surface area is 173 Å². The molecule has 0 radical (unpaired) electrons. The van der Waals surface area contributed by atoms with Crippen molar-refractivity contribution in [2.45, 2.75) is 51.6 Å². The van der Waals surface area contributed by atoms with Crippen molar-refractivity contribution in [2.24, 2.45) is 10.9 Å². The van der Waals surface area contributed by atoms with Crippen molar-refractivity contribution in [1.29, 1.82) is 0 Å². The molecule has 1 aromatic heterocycles. The van der Waals surface area contributed by atoms with Crippen molar-refractivity contribution in [2.75, 3.05) is 26.7 Å². The molecule has 1 aliphatic heterocycles. The first-order valence-corrected chi connectivity index (χ1v) is 10.9. The zero-order chi connectivity index (χ0) is 20.1. The molecule has 1 unspecified atom stereocenters. The second kappa shape index (κ2) is 9.44. The van der Waals surface area contributed by atoms with Gasteiger partial charge in [0, 0.05) is 38.3 Å². The van der Waals surface area contributed by atoms with E-state index >= 15 is 0 Å². The molecule has 1 aromatic carbocycles. The number of hydrogen-bond acceptors (Lipinski definition) is 4. The monoisotopic (exact) mass is 395 g/mol. The molecule has 1 aliphatic carbocycles. The standard InChI is InChI=1S/C23H33N5O/c1-17-7-9-19(10-8-17)21-13-25-22(29-21)14-26-23(24-2)27-20-11-12-28(16-20)15-18-5-3-4-6-18/h7-10,13,18,20H,3-6,11-12,14-16H2,1-2H3,(H2,24,26,27). The third-order valence-electron chi connectivity index (χ3n) is 6.12. The zero-order valence-electron chi connectivity index (χ0n) is 17.7. The largest absolute Gasteiger partial charge is 0.439 e. The topological polar surface area (TPSA) is 65.7 Å². The molecule has 1 atom stereocenters. The molecular formula is C23H33N5O. The van der Waals surface area contributed by atoms with E-state index in [1.54, 1.807) is 6.20 Å². The molecule has 6 nitrogen and oxygen atoms in total. The summed E-state index contributed by atoms with van der Waals surface area (Å²) >= 11 is 0. The average molecular weight is 396 g/mol. The summed E-state index contributed by atoms with van der Waals surface area (Å²) < 4.78 is 5.90. The van der Waals surface area contributed by atoms with Crippen molar-refractivity contribution < 1.29 is 4.42 Å². The normalized spacial score (nSPS) is 21.0. The van der Waals surface area contributed by atoms with Gasteiger partial charge in [-0.3, -0.25) is 4.99 Å². The molecule has 156 valence electrons. The lowest BCUT2D eigenvalue weighted by molar-refractivity contribution is 0.275. The van der Waals surface area contributed by atoms with E-state index in [4.69, 9.17) is 4.42 Å². The number of nitrogens with zero attached hydrogens (tertiary/aromatic N) is 3. The first-order chi connectivity index (χ1) is 14.2. The van der Waals surface area contributed by atoms with E-state index in [2.05, 4.69) is 56.7 Å².